The highest BCUT2D eigenvalue weighted by Crippen LogP contribution is 2.30. The van der Waals surface area contributed by atoms with E-state index in [-0.39, 0.29) is 32.1 Å². The fourth-order valence-electron chi connectivity index (χ4n) is 3.12. The molecular formula is C23H29F2N3O8S. The summed E-state index contributed by atoms with van der Waals surface area (Å²) in [5.74, 6) is -4.35. The van der Waals surface area contributed by atoms with Gasteiger partial charge in [-0.1, -0.05) is 25.1 Å². The van der Waals surface area contributed by atoms with Crippen LogP contribution in [0.4, 0.5) is 13.6 Å². The molecule has 2 amide bonds. The van der Waals surface area contributed by atoms with Gasteiger partial charge < -0.3 is 19.1 Å². The van der Waals surface area contributed by atoms with Crippen LogP contribution in [-0.2, 0) is 24.3 Å². The van der Waals surface area contributed by atoms with E-state index in [0.717, 1.165) is 0 Å². The highest BCUT2D eigenvalue weighted by Gasteiger charge is 2.30. The lowest BCUT2D eigenvalue weighted by Crippen LogP contribution is -2.45. The van der Waals surface area contributed by atoms with Crippen LogP contribution in [0.3, 0.4) is 0 Å². The van der Waals surface area contributed by atoms with Crippen LogP contribution in [0, 0.1) is 11.6 Å². The normalized spacial score (nSPS) is 11.3. The molecule has 11 nitrogen and oxygen atoms in total. The number of ether oxygens (including phenoxy) is 3. The van der Waals surface area contributed by atoms with Crippen molar-refractivity contribution in [3.05, 3.63) is 54.1 Å². The number of para-hydroxylation sites is 1. The molecule has 0 aromatic heterocycles. The second-order valence-electron chi connectivity index (χ2n) is 7.60. The quantitative estimate of drug-likeness (QED) is 0.210. The van der Waals surface area contributed by atoms with Crippen LogP contribution >= 0.6 is 0 Å². The molecule has 0 aliphatic carbocycles. The molecule has 0 spiro atoms. The van der Waals surface area contributed by atoms with Crippen molar-refractivity contribution >= 4 is 22.0 Å². The van der Waals surface area contributed by atoms with E-state index in [2.05, 4.69) is 0 Å². The number of hydrogen-bond acceptors (Lipinski definition) is 8. The lowest BCUT2D eigenvalue weighted by Gasteiger charge is -2.26. The maximum atomic E-state index is 14.7. The summed E-state index contributed by atoms with van der Waals surface area (Å²) in [6.07, 6.45) is -0.218. The number of carbonyl (C=O) groups is 2. The van der Waals surface area contributed by atoms with Gasteiger partial charge in [0.25, 0.3) is 5.91 Å². The number of carbonyl (C=O) groups excluding carboxylic acids is 2. The number of amides is 2. The van der Waals surface area contributed by atoms with Gasteiger partial charge >= 0.3 is 6.09 Å². The number of benzene rings is 2. The predicted molar refractivity (Wildman–Crippen MR) is 127 cm³/mol. The molecule has 2 aromatic rings. The summed E-state index contributed by atoms with van der Waals surface area (Å²) in [5.41, 5.74) is 1.32. The highest BCUT2D eigenvalue weighted by molar-refractivity contribution is 7.89. The number of sulfonamides is 1. The van der Waals surface area contributed by atoms with Crippen molar-refractivity contribution in [2.45, 2.75) is 18.2 Å². The van der Waals surface area contributed by atoms with Gasteiger partial charge in [0, 0.05) is 26.7 Å². The molecule has 0 bridgehead atoms. The van der Waals surface area contributed by atoms with E-state index >= 15 is 0 Å². The Kier molecular flexibility index (Phi) is 11.7. The fourth-order valence-corrected chi connectivity index (χ4v) is 4.53. The molecule has 0 radical (unpaired) electrons. The molecule has 0 atom stereocenters. The maximum absolute atomic E-state index is 14.7. The molecule has 37 heavy (non-hydrogen) atoms. The average molecular weight is 546 g/mol. The summed E-state index contributed by atoms with van der Waals surface area (Å²) in [7, 11) is -3.24. The Hall–Kier alpha value is -3.33. The first kappa shape index (κ1) is 29.9. The summed E-state index contributed by atoms with van der Waals surface area (Å²) in [5, 5.41) is 8.90. The zero-order chi connectivity index (χ0) is 27.4. The summed E-state index contributed by atoms with van der Waals surface area (Å²) in [4.78, 5) is 24.6. The molecule has 0 unspecified atom stereocenters. The fraction of sp³-hybridized carbons (Fsp3) is 0.391. The van der Waals surface area contributed by atoms with Crippen LogP contribution in [0.1, 0.15) is 13.3 Å². The minimum Gasteiger partial charge on any atom is -0.451 e. The number of hydroxylamine groups is 1. The molecule has 14 heteroatoms. The zero-order valence-corrected chi connectivity index (χ0v) is 21.2. The topological polar surface area (TPSA) is 135 Å². The first-order valence-corrected chi connectivity index (χ1v) is 12.6. The minimum atomic E-state index is -4.67. The molecular weight excluding hydrogens is 516 g/mol. The van der Waals surface area contributed by atoms with E-state index < -0.39 is 57.4 Å². The SMILES string of the molecule is CCCN(CCN(CC(=O)NO)S(=O)(=O)c1cc(F)c(Oc2ccccc2)c(F)c1)C(=O)OCCOC. The van der Waals surface area contributed by atoms with Gasteiger partial charge in [-0.3, -0.25) is 10.0 Å². The molecule has 2 aromatic carbocycles. The zero-order valence-electron chi connectivity index (χ0n) is 20.4. The molecule has 0 fully saturated rings. The molecule has 2 N–H and O–H groups in total. The lowest BCUT2D eigenvalue weighted by molar-refractivity contribution is -0.129. The first-order valence-electron chi connectivity index (χ1n) is 11.2. The van der Waals surface area contributed by atoms with Crippen molar-refractivity contribution in [2.75, 3.05) is 46.5 Å². The van der Waals surface area contributed by atoms with E-state index in [1.807, 2.05) is 0 Å². The number of nitrogens with one attached hydrogen (secondary N) is 1. The highest BCUT2D eigenvalue weighted by atomic mass is 32.2. The standard InChI is InChI=1S/C23H29F2N3O8S/c1-3-9-27(23(30)35-13-12-34-2)10-11-28(16-21(29)26-31)37(32,33)18-14-19(24)22(20(25)15-18)36-17-7-5-4-6-8-17/h4-8,14-15,31H,3,9-13,16H2,1-2H3,(H,26,29). The summed E-state index contributed by atoms with van der Waals surface area (Å²) >= 11 is 0. The molecule has 0 saturated carbocycles. The van der Waals surface area contributed by atoms with Gasteiger partial charge in [0.15, 0.2) is 17.4 Å². The molecule has 0 heterocycles. The monoisotopic (exact) mass is 545 g/mol. The van der Waals surface area contributed by atoms with Gasteiger partial charge in [0.2, 0.25) is 10.0 Å². The van der Waals surface area contributed by atoms with Gasteiger partial charge in [-0.2, -0.15) is 4.31 Å². The molecule has 2 rings (SSSR count). The van der Waals surface area contributed by atoms with Crippen LogP contribution in [0.2, 0.25) is 0 Å². The van der Waals surface area contributed by atoms with Gasteiger partial charge in [0.1, 0.15) is 12.4 Å². The van der Waals surface area contributed by atoms with Gasteiger partial charge in [-0.15, -0.1) is 0 Å². The second kappa shape index (κ2) is 14.4. The van der Waals surface area contributed by atoms with E-state index in [1.165, 1.54) is 29.6 Å². The Morgan fingerprint density at radius 3 is 2.24 bits per heavy atom. The van der Waals surface area contributed by atoms with Crippen molar-refractivity contribution in [1.82, 2.24) is 14.7 Å². The van der Waals surface area contributed by atoms with E-state index in [4.69, 9.17) is 19.4 Å². The Morgan fingerprint density at radius 2 is 1.68 bits per heavy atom. The summed E-state index contributed by atoms with van der Waals surface area (Å²) < 4.78 is 71.6. The predicted octanol–water partition coefficient (Wildman–Crippen LogP) is 2.75. The maximum Gasteiger partial charge on any atom is 0.409 e. The third-order valence-electron chi connectivity index (χ3n) is 4.90. The van der Waals surface area contributed by atoms with E-state index in [9.17, 15) is 26.8 Å². The number of methoxy groups -OCH3 is 1. The van der Waals surface area contributed by atoms with E-state index in [0.29, 0.717) is 22.9 Å². The smallest absolute Gasteiger partial charge is 0.409 e. The third kappa shape index (κ3) is 8.63. The Balaban J connectivity index is 2.30. The third-order valence-corrected chi connectivity index (χ3v) is 6.72. The number of halogens is 2. The summed E-state index contributed by atoms with van der Waals surface area (Å²) in [6.45, 7) is 0.584. The van der Waals surface area contributed by atoms with Crippen LogP contribution in [0.15, 0.2) is 47.4 Å². The molecule has 0 saturated heterocycles. The van der Waals surface area contributed by atoms with Gasteiger partial charge in [-0.05, 0) is 30.7 Å². The number of rotatable bonds is 14. The van der Waals surface area contributed by atoms with Crippen molar-refractivity contribution in [3.8, 4) is 11.5 Å². The molecule has 0 aliphatic rings. The van der Waals surface area contributed by atoms with Crippen LogP contribution in [0.25, 0.3) is 0 Å². The molecule has 204 valence electrons. The lowest BCUT2D eigenvalue weighted by atomic mass is 10.3. The van der Waals surface area contributed by atoms with Crippen molar-refractivity contribution < 1.29 is 46.2 Å². The van der Waals surface area contributed by atoms with Crippen LogP contribution < -0.4 is 10.2 Å². The average Bonchev–Trinajstić information content (AvgIpc) is 2.88. The Bertz CT molecular complexity index is 1130. The van der Waals surface area contributed by atoms with E-state index in [1.54, 1.807) is 25.1 Å². The Labute approximate surface area is 213 Å². The van der Waals surface area contributed by atoms with Crippen molar-refractivity contribution in [3.63, 3.8) is 0 Å². The number of nitrogens with zero attached hydrogens (tertiary/aromatic N) is 2. The minimum absolute atomic E-state index is 0.0273. The summed E-state index contributed by atoms with van der Waals surface area (Å²) in [6, 6.07) is 8.88. The largest absolute Gasteiger partial charge is 0.451 e. The first-order chi connectivity index (χ1) is 17.6. The van der Waals surface area contributed by atoms with Crippen LogP contribution in [-0.4, -0.2) is 81.3 Å². The van der Waals surface area contributed by atoms with Gasteiger partial charge in [-0.25, -0.2) is 27.5 Å². The Morgan fingerprint density at radius 1 is 1.03 bits per heavy atom. The van der Waals surface area contributed by atoms with Crippen molar-refractivity contribution in [1.29, 1.82) is 0 Å². The number of hydrogen-bond donors (Lipinski definition) is 2. The van der Waals surface area contributed by atoms with Crippen molar-refractivity contribution in [2.24, 2.45) is 0 Å². The molecule has 0 aliphatic heterocycles. The van der Waals surface area contributed by atoms with Gasteiger partial charge in [0.05, 0.1) is 18.0 Å². The second-order valence-corrected chi connectivity index (χ2v) is 9.54. The van der Waals surface area contributed by atoms with Crippen LogP contribution in [0.5, 0.6) is 11.5 Å².